The van der Waals surface area contributed by atoms with Crippen LogP contribution in [0.4, 0.5) is 0 Å². The van der Waals surface area contributed by atoms with Gasteiger partial charge >= 0.3 is 0 Å². The lowest BCUT2D eigenvalue weighted by Crippen LogP contribution is -2.49. The van der Waals surface area contributed by atoms with Gasteiger partial charge in [-0.3, -0.25) is 0 Å². The van der Waals surface area contributed by atoms with E-state index in [1.165, 1.54) is 15.6 Å². The average molecular weight is 282 g/mol. The van der Waals surface area contributed by atoms with E-state index in [0.29, 0.717) is 6.10 Å². The van der Waals surface area contributed by atoms with Crippen molar-refractivity contribution in [2.75, 3.05) is 13.2 Å². The molecule has 2 heterocycles. The van der Waals surface area contributed by atoms with E-state index in [1.54, 1.807) is 0 Å². The zero-order valence-corrected chi connectivity index (χ0v) is 13.4. The zero-order chi connectivity index (χ0) is 13.9. The number of aryl methyl sites for hydroxylation is 2. The van der Waals surface area contributed by atoms with Crippen molar-refractivity contribution in [1.82, 2.24) is 10.3 Å². The van der Waals surface area contributed by atoms with Gasteiger partial charge in [0.15, 0.2) is 0 Å². The van der Waals surface area contributed by atoms with Crippen LogP contribution in [0.1, 0.15) is 55.6 Å². The molecule has 1 aromatic heterocycles. The van der Waals surface area contributed by atoms with Crippen LogP contribution in [-0.4, -0.2) is 24.2 Å². The molecule has 2 atom stereocenters. The van der Waals surface area contributed by atoms with E-state index in [4.69, 9.17) is 9.72 Å². The third kappa shape index (κ3) is 3.01. The molecule has 108 valence electrons. The first-order valence-electron chi connectivity index (χ1n) is 7.48. The fourth-order valence-corrected chi connectivity index (χ4v) is 4.15. The van der Waals surface area contributed by atoms with Crippen molar-refractivity contribution in [1.29, 1.82) is 0 Å². The maximum Gasteiger partial charge on any atom is 0.113 e. The third-order valence-corrected chi connectivity index (χ3v) is 5.28. The molecule has 0 saturated carbocycles. The number of ether oxygens (including phenoxy) is 1. The van der Waals surface area contributed by atoms with Gasteiger partial charge < -0.3 is 10.1 Å². The molecule has 0 aromatic carbocycles. The SMILES string of the molecule is CCNC1(c2nc(CC)c(C)s2)CCOC(CC)C1. The summed E-state index contributed by atoms with van der Waals surface area (Å²) in [6.45, 7) is 10.6. The topological polar surface area (TPSA) is 34.2 Å². The number of hydrogen-bond donors (Lipinski definition) is 1. The Hall–Kier alpha value is -0.450. The van der Waals surface area contributed by atoms with Crippen LogP contribution in [0, 0.1) is 6.92 Å². The normalized spacial score (nSPS) is 27.7. The van der Waals surface area contributed by atoms with Crippen LogP contribution in [0.2, 0.25) is 0 Å². The third-order valence-electron chi connectivity index (χ3n) is 4.07. The van der Waals surface area contributed by atoms with E-state index in [1.807, 2.05) is 11.3 Å². The van der Waals surface area contributed by atoms with Crippen molar-refractivity contribution in [3.05, 3.63) is 15.6 Å². The second-order valence-corrected chi connectivity index (χ2v) is 6.55. The summed E-state index contributed by atoms with van der Waals surface area (Å²) in [5.41, 5.74) is 1.30. The van der Waals surface area contributed by atoms with Gasteiger partial charge in [-0.2, -0.15) is 0 Å². The molecule has 1 aliphatic rings. The monoisotopic (exact) mass is 282 g/mol. The number of thiazole rings is 1. The number of nitrogens with zero attached hydrogens (tertiary/aromatic N) is 1. The van der Waals surface area contributed by atoms with Gasteiger partial charge in [0.1, 0.15) is 5.01 Å². The van der Waals surface area contributed by atoms with Gasteiger partial charge in [0.05, 0.1) is 17.3 Å². The smallest absolute Gasteiger partial charge is 0.113 e. The van der Waals surface area contributed by atoms with Gasteiger partial charge in [0, 0.05) is 11.5 Å². The molecule has 19 heavy (non-hydrogen) atoms. The summed E-state index contributed by atoms with van der Waals surface area (Å²) in [7, 11) is 0. The molecule has 2 rings (SSSR count). The Bertz CT molecular complexity index is 414. The Morgan fingerprint density at radius 2 is 2.21 bits per heavy atom. The van der Waals surface area contributed by atoms with Crippen molar-refractivity contribution < 1.29 is 4.74 Å². The lowest BCUT2D eigenvalue weighted by Gasteiger charge is -2.40. The second-order valence-electron chi connectivity index (χ2n) is 5.34. The Balaban J connectivity index is 2.31. The van der Waals surface area contributed by atoms with Crippen LogP contribution < -0.4 is 5.32 Å². The molecule has 1 fully saturated rings. The molecule has 1 aromatic rings. The molecular weight excluding hydrogens is 256 g/mol. The molecule has 1 N–H and O–H groups in total. The highest BCUT2D eigenvalue weighted by Crippen LogP contribution is 2.38. The van der Waals surface area contributed by atoms with E-state index < -0.39 is 0 Å². The van der Waals surface area contributed by atoms with Crippen LogP contribution in [0.15, 0.2) is 0 Å². The molecule has 1 aliphatic heterocycles. The standard InChI is InChI=1S/C15H26N2OS/c1-5-12-10-15(16-7-3,8-9-18-12)14-17-13(6-2)11(4)19-14/h12,16H,5-10H2,1-4H3. The highest BCUT2D eigenvalue weighted by Gasteiger charge is 2.40. The van der Waals surface area contributed by atoms with Crippen molar-refractivity contribution in [2.45, 2.75) is 65.0 Å². The Morgan fingerprint density at radius 1 is 1.42 bits per heavy atom. The summed E-state index contributed by atoms with van der Waals surface area (Å²) in [6.07, 6.45) is 4.55. The quantitative estimate of drug-likeness (QED) is 0.898. The molecule has 4 heteroatoms. The summed E-state index contributed by atoms with van der Waals surface area (Å²) < 4.78 is 5.85. The number of hydrogen-bond acceptors (Lipinski definition) is 4. The lowest BCUT2D eigenvalue weighted by atomic mass is 9.86. The van der Waals surface area contributed by atoms with Gasteiger partial charge in [-0.1, -0.05) is 20.8 Å². The van der Waals surface area contributed by atoms with E-state index >= 15 is 0 Å². The van der Waals surface area contributed by atoms with Crippen LogP contribution in [0.3, 0.4) is 0 Å². The minimum atomic E-state index is 0.0382. The van der Waals surface area contributed by atoms with Crippen molar-refractivity contribution in [3.8, 4) is 0 Å². The predicted molar refractivity (Wildman–Crippen MR) is 80.8 cm³/mol. The summed E-state index contributed by atoms with van der Waals surface area (Å²) in [4.78, 5) is 6.28. The Morgan fingerprint density at radius 3 is 2.79 bits per heavy atom. The van der Waals surface area contributed by atoms with Gasteiger partial charge in [-0.05, 0) is 39.2 Å². The van der Waals surface area contributed by atoms with Crippen LogP contribution in [0.25, 0.3) is 0 Å². The number of aromatic nitrogens is 1. The molecule has 0 radical (unpaired) electrons. The van der Waals surface area contributed by atoms with E-state index in [9.17, 15) is 0 Å². The largest absolute Gasteiger partial charge is 0.378 e. The first kappa shape index (κ1) is 14.9. The lowest BCUT2D eigenvalue weighted by molar-refractivity contribution is -0.0319. The second kappa shape index (κ2) is 6.33. The molecule has 0 aliphatic carbocycles. The molecule has 2 unspecified atom stereocenters. The van der Waals surface area contributed by atoms with Gasteiger partial charge in [-0.25, -0.2) is 4.98 Å². The van der Waals surface area contributed by atoms with Crippen LogP contribution in [0.5, 0.6) is 0 Å². The highest BCUT2D eigenvalue weighted by molar-refractivity contribution is 7.11. The first-order chi connectivity index (χ1) is 9.15. The summed E-state index contributed by atoms with van der Waals surface area (Å²) >= 11 is 1.87. The molecular formula is C15H26N2OS. The minimum Gasteiger partial charge on any atom is -0.378 e. The maximum absolute atomic E-state index is 5.85. The molecule has 1 saturated heterocycles. The first-order valence-corrected chi connectivity index (χ1v) is 8.30. The minimum absolute atomic E-state index is 0.0382. The highest BCUT2D eigenvalue weighted by atomic mass is 32.1. The maximum atomic E-state index is 5.85. The van der Waals surface area contributed by atoms with Crippen LogP contribution in [-0.2, 0) is 16.7 Å². The van der Waals surface area contributed by atoms with Crippen LogP contribution >= 0.6 is 11.3 Å². The van der Waals surface area contributed by atoms with Gasteiger partial charge in [0.25, 0.3) is 0 Å². The Kier molecular flexibility index (Phi) is 4.98. The van der Waals surface area contributed by atoms with E-state index in [-0.39, 0.29) is 5.54 Å². The van der Waals surface area contributed by atoms with Crippen molar-refractivity contribution >= 4 is 11.3 Å². The van der Waals surface area contributed by atoms with Gasteiger partial charge in [-0.15, -0.1) is 11.3 Å². The van der Waals surface area contributed by atoms with Crippen molar-refractivity contribution in [3.63, 3.8) is 0 Å². The summed E-state index contributed by atoms with van der Waals surface area (Å²) in [5.74, 6) is 0. The number of rotatable bonds is 5. The fraction of sp³-hybridized carbons (Fsp3) is 0.800. The average Bonchev–Trinajstić information content (AvgIpc) is 2.81. The molecule has 0 spiro atoms. The zero-order valence-electron chi connectivity index (χ0n) is 12.6. The molecule has 0 amide bonds. The summed E-state index contributed by atoms with van der Waals surface area (Å²) in [6, 6.07) is 0. The van der Waals surface area contributed by atoms with Crippen molar-refractivity contribution in [2.24, 2.45) is 0 Å². The predicted octanol–water partition coefficient (Wildman–Crippen LogP) is 3.41. The van der Waals surface area contributed by atoms with E-state index in [2.05, 4.69) is 33.0 Å². The summed E-state index contributed by atoms with van der Waals surface area (Å²) in [5, 5.41) is 4.98. The molecule has 3 nitrogen and oxygen atoms in total. The number of nitrogens with one attached hydrogen (secondary N) is 1. The molecule has 0 bridgehead atoms. The van der Waals surface area contributed by atoms with E-state index in [0.717, 1.165) is 38.8 Å². The Labute approximate surface area is 120 Å². The fourth-order valence-electron chi connectivity index (χ4n) is 2.94. The van der Waals surface area contributed by atoms with Gasteiger partial charge in [0.2, 0.25) is 0 Å².